The minimum atomic E-state index is -3.55. The van der Waals surface area contributed by atoms with Gasteiger partial charge in [0.25, 0.3) is 10.0 Å². The summed E-state index contributed by atoms with van der Waals surface area (Å²) in [7, 11) is -2.09. The monoisotopic (exact) mass is 176 g/mol. The van der Waals surface area contributed by atoms with Gasteiger partial charge in [-0.2, -0.15) is 12.8 Å². The van der Waals surface area contributed by atoms with Crippen LogP contribution in [0.15, 0.2) is 15.0 Å². The topological polar surface area (TPSA) is 81.8 Å². The molecule has 0 radical (unpaired) electrons. The van der Waals surface area contributed by atoms with Gasteiger partial charge in [-0.05, 0) is 0 Å². The van der Waals surface area contributed by atoms with E-state index in [0.717, 1.165) is 0 Å². The molecule has 0 amide bonds. The Hall–Kier alpha value is -0.880. The lowest BCUT2D eigenvalue weighted by Gasteiger charge is -1.96. The molecule has 1 aliphatic heterocycles. The van der Waals surface area contributed by atoms with Gasteiger partial charge in [-0.1, -0.05) is 0 Å². The lowest BCUT2D eigenvalue weighted by molar-refractivity contribution is 0.230. The molecule has 0 saturated heterocycles. The molecule has 6 heteroatoms. The molecule has 0 atom stereocenters. The first-order chi connectivity index (χ1) is 5.08. The number of ether oxygens (including phenoxy) is 1. The second kappa shape index (κ2) is 2.63. The van der Waals surface area contributed by atoms with Crippen LogP contribution in [0.2, 0.25) is 0 Å². The van der Waals surface area contributed by atoms with E-state index in [0.29, 0.717) is 5.57 Å². The molecule has 1 aliphatic rings. The summed E-state index contributed by atoms with van der Waals surface area (Å²) in [6, 6.07) is 0. The van der Waals surface area contributed by atoms with E-state index < -0.39 is 10.0 Å². The zero-order valence-electron chi connectivity index (χ0n) is 5.94. The molecule has 0 aromatic heterocycles. The van der Waals surface area contributed by atoms with Crippen LogP contribution in [0, 0.1) is 0 Å². The first-order valence-corrected chi connectivity index (χ1v) is 4.30. The summed E-state index contributed by atoms with van der Waals surface area (Å²) in [5, 5.41) is -0.209. The van der Waals surface area contributed by atoms with Crippen molar-refractivity contribution in [3.05, 3.63) is 10.6 Å². The Bertz CT molecular complexity index is 315. The molecule has 0 unspecified atom stereocenters. The molecule has 0 saturated carbocycles. The zero-order valence-corrected chi connectivity index (χ0v) is 6.76. The Balaban J connectivity index is 3.00. The van der Waals surface area contributed by atoms with Crippen LogP contribution in [0.1, 0.15) is 0 Å². The van der Waals surface area contributed by atoms with Gasteiger partial charge >= 0.3 is 0 Å². The minimum absolute atomic E-state index is 0.175. The smallest absolute Gasteiger partial charge is 0.297 e. The normalized spacial score (nSPS) is 21.2. The molecule has 0 aromatic rings. The predicted octanol–water partition coefficient (Wildman–Crippen LogP) is -0.783. The third-order valence-electron chi connectivity index (χ3n) is 1.24. The van der Waals surface area contributed by atoms with Crippen LogP contribution < -0.4 is 5.73 Å². The number of methoxy groups -OCH3 is 1. The number of nitrogens with zero attached hydrogens (tertiary/aromatic N) is 1. The summed E-state index contributed by atoms with van der Waals surface area (Å²) in [5.41, 5.74) is 5.64. The number of nitrogens with two attached hydrogens (primary N) is 1. The predicted molar refractivity (Wildman–Crippen MR) is 40.5 cm³/mol. The summed E-state index contributed by atoms with van der Waals surface area (Å²) in [6.07, 6.45) is 1.20. The van der Waals surface area contributed by atoms with E-state index in [1.807, 2.05) is 0 Å². The van der Waals surface area contributed by atoms with Crippen LogP contribution >= 0.6 is 0 Å². The molecule has 11 heavy (non-hydrogen) atoms. The van der Waals surface area contributed by atoms with Crippen molar-refractivity contribution in [1.82, 2.24) is 0 Å². The van der Waals surface area contributed by atoms with Crippen molar-refractivity contribution < 1.29 is 13.2 Å². The van der Waals surface area contributed by atoms with Crippen LogP contribution in [0.4, 0.5) is 0 Å². The maximum Gasteiger partial charge on any atom is 0.297 e. The quantitative estimate of drug-likeness (QED) is 0.598. The first-order valence-electron chi connectivity index (χ1n) is 2.86. The molecular formula is C5H8N2O3S. The van der Waals surface area contributed by atoms with Gasteiger partial charge < -0.3 is 10.5 Å². The third-order valence-corrected chi connectivity index (χ3v) is 2.44. The van der Waals surface area contributed by atoms with Gasteiger partial charge in [0, 0.05) is 18.9 Å². The average Bonchev–Trinajstić information content (AvgIpc) is 2.17. The minimum Gasteiger partial charge on any atom is -0.388 e. The second-order valence-corrected chi connectivity index (χ2v) is 3.63. The van der Waals surface area contributed by atoms with Crippen molar-refractivity contribution in [2.24, 2.45) is 10.1 Å². The van der Waals surface area contributed by atoms with Gasteiger partial charge in [-0.25, -0.2) is 0 Å². The Morgan fingerprint density at radius 1 is 1.73 bits per heavy atom. The second-order valence-electron chi connectivity index (χ2n) is 2.03. The molecule has 2 N–H and O–H groups in total. The van der Waals surface area contributed by atoms with Crippen molar-refractivity contribution >= 4 is 16.2 Å². The average molecular weight is 176 g/mol. The fourth-order valence-electron chi connectivity index (χ4n) is 0.683. The zero-order chi connectivity index (χ0) is 8.48. The van der Waals surface area contributed by atoms with E-state index in [1.165, 1.54) is 13.3 Å². The highest BCUT2D eigenvalue weighted by atomic mass is 32.2. The van der Waals surface area contributed by atoms with Crippen LogP contribution in [0.25, 0.3) is 0 Å². The van der Waals surface area contributed by atoms with Crippen LogP contribution in [0.3, 0.4) is 0 Å². The lowest BCUT2D eigenvalue weighted by atomic mass is 10.3. The fourth-order valence-corrected chi connectivity index (χ4v) is 1.51. The summed E-state index contributed by atoms with van der Waals surface area (Å²) >= 11 is 0. The van der Waals surface area contributed by atoms with E-state index in [1.54, 1.807) is 0 Å². The van der Waals surface area contributed by atoms with E-state index in [9.17, 15) is 8.42 Å². The molecule has 0 aromatic carbocycles. The molecule has 0 aliphatic carbocycles. The van der Waals surface area contributed by atoms with Crippen molar-refractivity contribution in [3.8, 4) is 0 Å². The maximum absolute atomic E-state index is 10.8. The Kier molecular flexibility index (Phi) is 1.97. The SMILES string of the molecule is COCC1=C(N)S(=O)(=O)N=C1. The Labute approximate surface area is 64.6 Å². The summed E-state index contributed by atoms with van der Waals surface area (Å²) in [6.45, 7) is 0.175. The van der Waals surface area contributed by atoms with Gasteiger partial charge in [0.1, 0.15) is 0 Å². The molecule has 0 fully saturated rings. The highest BCUT2D eigenvalue weighted by Crippen LogP contribution is 2.14. The summed E-state index contributed by atoms with van der Waals surface area (Å²) < 4.78 is 29.5. The van der Waals surface area contributed by atoms with E-state index in [2.05, 4.69) is 4.40 Å². The summed E-state index contributed by atoms with van der Waals surface area (Å²) in [4.78, 5) is 0. The molecule has 0 spiro atoms. The number of sulfonamides is 1. The van der Waals surface area contributed by atoms with Gasteiger partial charge in [0.15, 0.2) is 5.03 Å². The number of rotatable bonds is 2. The first kappa shape index (κ1) is 8.22. The van der Waals surface area contributed by atoms with Crippen molar-refractivity contribution in [2.45, 2.75) is 0 Å². The standard InChI is InChI=1S/C5H8N2O3S/c1-10-3-4-2-7-11(8,9)5(4)6/h2H,3,6H2,1H3. The van der Waals surface area contributed by atoms with Crippen molar-refractivity contribution in [3.63, 3.8) is 0 Å². The third kappa shape index (κ3) is 1.41. The van der Waals surface area contributed by atoms with E-state index in [-0.39, 0.29) is 11.6 Å². The molecule has 1 rings (SSSR count). The summed E-state index contributed by atoms with van der Waals surface area (Å²) in [5.74, 6) is 0. The van der Waals surface area contributed by atoms with Crippen molar-refractivity contribution in [2.75, 3.05) is 13.7 Å². The van der Waals surface area contributed by atoms with E-state index >= 15 is 0 Å². The van der Waals surface area contributed by atoms with Gasteiger partial charge in [-0.15, -0.1) is 0 Å². The largest absolute Gasteiger partial charge is 0.388 e. The lowest BCUT2D eigenvalue weighted by Crippen LogP contribution is -2.09. The number of hydrogen-bond acceptors (Lipinski definition) is 4. The van der Waals surface area contributed by atoms with Crippen molar-refractivity contribution in [1.29, 1.82) is 0 Å². The maximum atomic E-state index is 10.8. The van der Waals surface area contributed by atoms with Crippen LogP contribution in [-0.2, 0) is 14.8 Å². The molecular weight excluding hydrogens is 168 g/mol. The highest BCUT2D eigenvalue weighted by molar-refractivity contribution is 7.94. The Morgan fingerprint density at radius 3 is 2.73 bits per heavy atom. The fraction of sp³-hybridized carbons (Fsp3) is 0.400. The van der Waals surface area contributed by atoms with Crippen LogP contribution in [0.5, 0.6) is 0 Å². The van der Waals surface area contributed by atoms with Crippen LogP contribution in [-0.4, -0.2) is 28.3 Å². The van der Waals surface area contributed by atoms with Gasteiger partial charge in [-0.3, -0.25) is 0 Å². The number of hydrogen-bond donors (Lipinski definition) is 1. The van der Waals surface area contributed by atoms with Gasteiger partial charge in [0.2, 0.25) is 0 Å². The molecule has 62 valence electrons. The van der Waals surface area contributed by atoms with Gasteiger partial charge in [0.05, 0.1) is 6.61 Å². The highest BCUT2D eigenvalue weighted by Gasteiger charge is 2.22. The van der Waals surface area contributed by atoms with E-state index in [4.69, 9.17) is 10.5 Å². The molecule has 5 nitrogen and oxygen atoms in total. The molecule has 0 bridgehead atoms. The molecule has 1 heterocycles. The Morgan fingerprint density at radius 2 is 2.36 bits per heavy atom.